The lowest BCUT2D eigenvalue weighted by Gasteiger charge is -2.36. The van der Waals surface area contributed by atoms with Crippen molar-refractivity contribution in [3.05, 3.63) is 46.9 Å². The minimum absolute atomic E-state index is 0.0682. The van der Waals surface area contributed by atoms with E-state index >= 15 is 0 Å². The minimum atomic E-state index is -0.551. The van der Waals surface area contributed by atoms with Crippen molar-refractivity contribution in [2.45, 2.75) is 12.6 Å². The Morgan fingerprint density at radius 1 is 1.12 bits per heavy atom. The summed E-state index contributed by atoms with van der Waals surface area (Å²) < 4.78 is 24.1. The number of aliphatic hydroxyl groups excluding tert-OH is 1. The number of nitrogens with one attached hydrogen (secondary N) is 1. The summed E-state index contributed by atoms with van der Waals surface area (Å²) in [5.74, 6) is -0.546. The van der Waals surface area contributed by atoms with Gasteiger partial charge in [0.15, 0.2) is 5.69 Å². The van der Waals surface area contributed by atoms with Crippen LogP contribution in [0.25, 0.3) is 0 Å². The van der Waals surface area contributed by atoms with Crippen LogP contribution in [0.3, 0.4) is 0 Å². The minimum Gasteiger partial charge on any atom is -0.447 e. The fourth-order valence-corrected chi connectivity index (χ4v) is 4.20. The zero-order chi connectivity index (χ0) is 23.2. The highest BCUT2D eigenvalue weighted by Gasteiger charge is 2.23. The highest BCUT2D eigenvalue weighted by Crippen LogP contribution is 2.20. The fraction of sp³-hybridized carbons (Fsp3) is 0.545. The second kappa shape index (κ2) is 11.4. The highest BCUT2D eigenvalue weighted by molar-refractivity contribution is 6.31. The Hall–Kier alpha value is -2.08. The van der Waals surface area contributed by atoms with Crippen LogP contribution in [0.2, 0.25) is 5.02 Å². The molecule has 2 saturated heterocycles. The van der Waals surface area contributed by atoms with E-state index in [-0.39, 0.29) is 16.8 Å². The predicted molar refractivity (Wildman–Crippen MR) is 121 cm³/mol. The van der Waals surface area contributed by atoms with Gasteiger partial charge in [-0.3, -0.25) is 19.5 Å². The van der Waals surface area contributed by atoms with Crippen LogP contribution in [0.5, 0.6) is 0 Å². The zero-order valence-electron chi connectivity index (χ0n) is 18.4. The topological polar surface area (TPSA) is 94.3 Å². The van der Waals surface area contributed by atoms with Gasteiger partial charge in [-0.25, -0.2) is 9.37 Å². The van der Waals surface area contributed by atoms with Gasteiger partial charge in [0.05, 0.1) is 30.9 Å². The maximum atomic E-state index is 13.3. The Balaban J connectivity index is 1.20. The number of ether oxygens (including phenoxy) is 1. The summed E-state index contributed by atoms with van der Waals surface area (Å²) >= 11 is 5.75. The zero-order valence-corrected chi connectivity index (χ0v) is 19.1. The number of aromatic nitrogens is 1. The number of piperazine rings is 1. The number of oxazole rings is 1. The first kappa shape index (κ1) is 24.1. The maximum absolute atomic E-state index is 13.3. The van der Waals surface area contributed by atoms with Gasteiger partial charge in [-0.2, -0.15) is 0 Å². The smallest absolute Gasteiger partial charge is 0.277 e. The second-order valence-electron chi connectivity index (χ2n) is 8.35. The third-order valence-corrected chi connectivity index (χ3v) is 6.12. The van der Waals surface area contributed by atoms with Gasteiger partial charge in [-0.15, -0.1) is 0 Å². The van der Waals surface area contributed by atoms with Gasteiger partial charge < -0.3 is 19.6 Å². The van der Waals surface area contributed by atoms with Gasteiger partial charge in [0.2, 0.25) is 5.89 Å². The summed E-state index contributed by atoms with van der Waals surface area (Å²) in [6, 6.07) is 3.96. The van der Waals surface area contributed by atoms with Crippen LogP contribution in [0.1, 0.15) is 16.4 Å². The molecule has 0 bridgehead atoms. The Morgan fingerprint density at radius 3 is 2.48 bits per heavy atom. The van der Waals surface area contributed by atoms with Crippen LogP contribution < -0.4 is 5.32 Å². The fourth-order valence-electron chi connectivity index (χ4n) is 4.02. The first-order valence-electron chi connectivity index (χ1n) is 11.1. The average Bonchev–Trinajstić information content (AvgIpc) is 3.27. The van der Waals surface area contributed by atoms with Crippen LogP contribution in [0.4, 0.5) is 10.1 Å². The third kappa shape index (κ3) is 6.95. The molecule has 2 fully saturated rings. The monoisotopic (exact) mass is 481 g/mol. The molecule has 11 heteroatoms. The molecule has 2 aromatic rings. The molecule has 2 N–H and O–H groups in total. The first-order chi connectivity index (χ1) is 16.0. The number of carbonyl (C=O) groups excluding carboxylic acids is 1. The van der Waals surface area contributed by atoms with Crippen molar-refractivity contribution < 1.29 is 23.4 Å². The number of hydrogen-bond acceptors (Lipinski definition) is 8. The van der Waals surface area contributed by atoms with E-state index in [9.17, 15) is 14.3 Å². The Kier molecular flexibility index (Phi) is 8.29. The molecule has 0 radical (unpaired) electrons. The SMILES string of the molecule is O=C(Nc1ccc(F)c(Cl)c1)c1coc(CN2CCN(C[C@@H](O)CN3CCOCC3)CC2)n1. The van der Waals surface area contributed by atoms with Crippen molar-refractivity contribution in [3.63, 3.8) is 0 Å². The van der Waals surface area contributed by atoms with E-state index < -0.39 is 11.7 Å². The van der Waals surface area contributed by atoms with Gasteiger partial charge >= 0.3 is 0 Å². The van der Waals surface area contributed by atoms with Gasteiger partial charge in [-0.1, -0.05) is 11.6 Å². The van der Waals surface area contributed by atoms with Crippen LogP contribution in [0.15, 0.2) is 28.9 Å². The summed E-state index contributed by atoms with van der Waals surface area (Å²) in [5.41, 5.74) is 0.526. The number of morpholine rings is 1. The molecule has 1 atom stereocenters. The molecular weight excluding hydrogens is 453 g/mol. The van der Waals surface area contributed by atoms with Gasteiger partial charge in [0, 0.05) is 58.0 Å². The number of aliphatic hydroxyl groups is 1. The Bertz CT molecular complexity index is 931. The number of halogens is 2. The van der Waals surface area contributed by atoms with Crippen molar-refractivity contribution in [3.8, 4) is 0 Å². The standard InChI is InChI=1S/C22H29ClFN5O4/c23-18-11-16(1-2-19(18)24)25-22(31)20-15-33-21(26-20)14-28-5-3-27(4-6-28)12-17(30)13-29-7-9-32-10-8-29/h1-2,11,15,17,30H,3-10,12-14H2,(H,25,31)/t17-/m1/s1. The number of anilines is 1. The molecule has 0 spiro atoms. The highest BCUT2D eigenvalue weighted by atomic mass is 35.5. The lowest BCUT2D eigenvalue weighted by molar-refractivity contribution is 0.00187. The molecule has 2 aliphatic rings. The van der Waals surface area contributed by atoms with E-state index in [0.717, 1.165) is 52.5 Å². The molecule has 9 nitrogen and oxygen atoms in total. The lowest BCUT2D eigenvalue weighted by Crippen LogP contribution is -2.50. The van der Waals surface area contributed by atoms with E-state index in [0.29, 0.717) is 31.2 Å². The van der Waals surface area contributed by atoms with E-state index in [1.54, 1.807) is 0 Å². The number of β-amino-alcohol motifs (C(OH)–C–C–N with tert-alkyl or cyclic N) is 1. The van der Waals surface area contributed by atoms with Crippen LogP contribution in [-0.4, -0.2) is 102 Å². The number of rotatable bonds is 8. The van der Waals surface area contributed by atoms with Gasteiger partial charge in [0.1, 0.15) is 12.1 Å². The number of nitrogens with zero attached hydrogens (tertiary/aromatic N) is 4. The van der Waals surface area contributed by atoms with Crippen molar-refractivity contribution in [1.29, 1.82) is 0 Å². The average molecular weight is 482 g/mol. The van der Waals surface area contributed by atoms with Crippen molar-refractivity contribution in [2.75, 3.05) is 70.9 Å². The van der Waals surface area contributed by atoms with Crippen molar-refractivity contribution >= 4 is 23.2 Å². The van der Waals surface area contributed by atoms with Crippen LogP contribution in [-0.2, 0) is 11.3 Å². The molecule has 3 heterocycles. The largest absolute Gasteiger partial charge is 0.447 e. The summed E-state index contributed by atoms with van der Waals surface area (Å²) in [7, 11) is 0. The summed E-state index contributed by atoms with van der Waals surface area (Å²) in [6.45, 7) is 8.38. The second-order valence-corrected chi connectivity index (χ2v) is 8.76. The van der Waals surface area contributed by atoms with Crippen LogP contribution in [0, 0.1) is 5.82 Å². The lowest BCUT2D eigenvalue weighted by atomic mass is 10.2. The summed E-state index contributed by atoms with van der Waals surface area (Å²) in [6.07, 6.45) is 0.937. The summed E-state index contributed by atoms with van der Waals surface area (Å²) in [4.78, 5) is 23.4. The van der Waals surface area contributed by atoms with E-state index in [1.165, 1.54) is 24.5 Å². The van der Waals surface area contributed by atoms with E-state index in [4.69, 9.17) is 20.8 Å². The molecule has 1 amide bonds. The Labute approximate surface area is 197 Å². The number of carbonyl (C=O) groups is 1. The normalized spacial score (nSPS) is 19.5. The summed E-state index contributed by atoms with van der Waals surface area (Å²) in [5, 5.41) is 13.0. The molecule has 0 unspecified atom stereocenters. The molecule has 4 rings (SSSR count). The molecular formula is C22H29ClFN5O4. The maximum Gasteiger partial charge on any atom is 0.277 e. The van der Waals surface area contributed by atoms with E-state index in [1.807, 2.05) is 0 Å². The molecule has 33 heavy (non-hydrogen) atoms. The molecule has 1 aromatic carbocycles. The van der Waals surface area contributed by atoms with Gasteiger partial charge in [-0.05, 0) is 18.2 Å². The molecule has 0 saturated carbocycles. The molecule has 1 aromatic heterocycles. The number of amides is 1. The van der Waals surface area contributed by atoms with Gasteiger partial charge in [0.25, 0.3) is 5.91 Å². The third-order valence-electron chi connectivity index (χ3n) is 5.83. The molecule has 180 valence electrons. The van der Waals surface area contributed by atoms with Crippen LogP contribution >= 0.6 is 11.6 Å². The van der Waals surface area contributed by atoms with E-state index in [2.05, 4.69) is 25.0 Å². The molecule has 2 aliphatic heterocycles. The first-order valence-corrected chi connectivity index (χ1v) is 11.5. The number of hydrogen-bond donors (Lipinski definition) is 2. The Morgan fingerprint density at radius 2 is 1.79 bits per heavy atom. The quantitative estimate of drug-likeness (QED) is 0.586. The number of benzene rings is 1. The van der Waals surface area contributed by atoms with Crippen molar-refractivity contribution in [1.82, 2.24) is 19.7 Å². The van der Waals surface area contributed by atoms with Crippen molar-refractivity contribution in [2.24, 2.45) is 0 Å². The molecule has 0 aliphatic carbocycles. The predicted octanol–water partition coefficient (Wildman–Crippen LogP) is 1.53.